The molecule has 5 aromatic rings. The third kappa shape index (κ3) is 3.78. The molecule has 0 aliphatic heterocycles. The number of hydrogen-bond donors (Lipinski definition) is 4. The van der Waals surface area contributed by atoms with Gasteiger partial charge in [-0.05, 0) is 18.9 Å². The van der Waals surface area contributed by atoms with Crippen LogP contribution in [0.4, 0.5) is 20.2 Å². The maximum atomic E-state index is 15.2. The van der Waals surface area contributed by atoms with Gasteiger partial charge in [0, 0.05) is 56.9 Å². The summed E-state index contributed by atoms with van der Waals surface area (Å²) in [5.41, 5.74) is 0.552. The quantitative estimate of drug-likeness (QED) is 0.259. The third-order valence-corrected chi connectivity index (χ3v) is 7.23. The van der Waals surface area contributed by atoms with Gasteiger partial charge in [0.25, 0.3) is 0 Å². The van der Waals surface area contributed by atoms with E-state index in [2.05, 4.69) is 20.3 Å². The Morgan fingerprint density at radius 2 is 1.95 bits per heavy atom. The molecule has 0 bridgehead atoms. The number of halogens is 2. The first kappa shape index (κ1) is 24.7. The van der Waals surface area contributed by atoms with Crippen molar-refractivity contribution in [1.82, 2.24) is 19.5 Å². The molecular formula is C27H24F2N6O4. The lowest BCUT2D eigenvalue weighted by atomic mass is 10.0. The molecular weight excluding hydrogens is 510 g/mol. The van der Waals surface area contributed by atoms with E-state index >= 15 is 4.39 Å². The van der Waals surface area contributed by atoms with Crippen LogP contribution in [0.25, 0.3) is 44.1 Å². The van der Waals surface area contributed by atoms with Crippen LogP contribution in [0.2, 0.25) is 0 Å². The summed E-state index contributed by atoms with van der Waals surface area (Å²) in [5, 5.41) is 23.4. The highest BCUT2D eigenvalue weighted by Crippen LogP contribution is 2.43. The highest BCUT2D eigenvalue weighted by molar-refractivity contribution is 6.18. The van der Waals surface area contributed by atoms with Crippen LogP contribution >= 0.6 is 0 Å². The Kier molecular flexibility index (Phi) is 5.37. The molecule has 1 saturated carbocycles. The number of aromatic nitrogens is 4. The molecule has 1 aliphatic carbocycles. The Morgan fingerprint density at radius 1 is 1.21 bits per heavy atom. The van der Waals surface area contributed by atoms with Crippen molar-refractivity contribution >= 4 is 50.3 Å². The van der Waals surface area contributed by atoms with Gasteiger partial charge in [-0.3, -0.25) is 4.79 Å². The zero-order valence-corrected chi connectivity index (χ0v) is 21.3. The summed E-state index contributed by atoms with van der Waals surface area (Å²) in [6.45, 7) is 0.0981. The molecule has 6 rings (SSSR count). The topological polar surface area (TPSA) is 136 Å². The van der Waals surface area contributed by atoms with Crippen LogP contribution in [-0.4, -0.2) is 62.4 Å². The summed E-state index contributed by atoms with van der Waals surface area (Å²) in [6, 6.07) is 2.59. The monoisotopic (exact) mass is 534 g/mol. The zero-order valence-electron chi connectivity index (χ0n) is 21.3. The number of aliphatic hydroxyl groups is 1. The Bertz CT molecular complexity index is 1910. The number of anilines is 2. The van der Waals surface area contributed by atoms with E-state index in [4.69, 9.17) is 0 Å². The number of nitrogens with zero attached hydrogens (tertiary/aromatic N) is 4. The van der Waals surface area contributed by atoms with Crippen LogP contribution in [-0.2, 0) is 6.54 Å². The van der Waals surface area contributed by atoms with Crippen LogP contribution in [0, 0.1) is 11.6 Å². The maximum Gasteiger partial charge on any atom is 0.341 e. The second-order valence-corrected chi connectivity index (χ2v) is 10.1. The van der Waals surface area contributed by atoms with Crippen molar-refractivity contribution < 1.29 is 23.8 Å². The average molecular weight is 535 g/mol. The molecule has 0 spiro atoms. The number of rotatable bonds is 6. The lowest BCUT2D eigenvalue weighted by Crippen LogP contribution is -2.24. The van der Waals surface area contributed by atoms with Crippen molar-refractivity contribution in [3.63, 3.8) is 0 Å². The minimum Gasteiger partial charge on any atom is -0.477 e. The molecule has 4 heterocycles. The summed E-state index contributed by atoms with van der Waals surface area (Å²) < 4.78 is 31.3. The first-order chi connectivity index (χ1) is 18.5. The third-order valence-electron chi connectivity index (χ3n) is 7.23. The fourth-order valence-electron chi connectivity index (χ4n) is 5.13. The van der Waals surface area contributed by atoms with E-state index in [9.17, 15) is 24.2 Å². The van der Waals surface area contributed by atoms with Gasteiger partial charge >= 0.3 is 5.97 Å². The SMILES string of the molecule is CNc1cc(F)c(F)c2c1[nH]c1ncc(-c3cnc4c(c3)c(=O)c(C(=O)O)cn4CC3(O)CC3)c(N(C)C)c12. The van der Waals surface area contributed by atoms with E-state index in [-0.39, 0.29) is 23.0 Å². The van der Waals surface area contributed by atoms with Gasteiger partial charge < -0.3 is 30.0 Å². The molecule has 12 heteroatoms. The molecule has 1 aromatic carbocycles. The number of H-pyrrole nitrogens is 1. The largest absolute Gasteiger partial charge is 0.477 e. The van der Waals surface area contributed by atoms with Crippen LogP contribution in [0.5, 0.6) is 0 Å². The number of carboxylic acids is 1. The molecule has 0 unspecified atom stereocenters. The van der Waals surface area contributed by atoms with Crippen molar-refractivity contribution in [2.45, 2.75) is 25.0 Å². The summed E-state index contributed by atoms with van der Waals surface area (Å²) in [4.78, 5) is 38.8. The van der Waals surface area contributed by atoms with E-state index < -0.39 is 34.2 Å². The normalized spacial score (nSPS) is 14.3. The van der Waals surface area contributed by atoms with Gasteiger partial charge in [-0.1, -0.05) is 0 Å². The van der Waals surface area contributed by atoms with Crippen molar-refractivity contribution in [1.29, 1.82) is 0 Å². The number of carbonyl (C=O) groups is 1. The Morgan fingerprint density at radius 3 is 2.59 bits per heavy atom. The molecule has 1 aliphatic rings. The fraction of sp³-hybridized carbons (Fsp3) is 0.259. The molecule has 0 atom stereocenters. The van der Waals surface area contributed by atoms with E-state index in [0.29, 0.717) is 51.9 Å². The Hall–Kier alpha value is -4.58. The Labute approximate surface area is 219 Å². The van der Waals surface area contributed by atoms with Gasteiger partial charge in [-0.25, -0.2) is 23.5 Å². The number of pyridine rings is 3. The van der Waals surface area contributed by atoms with Gasteiger partial charge in [0.15, 0.2) is 11.6 Å². The number of nitrogens with one attached hydrogen (secondary N) is 2. The van der Waals surface area contributed by atoms with E-state index in [1.165, 1.54) is 29.2 Å². The number of fused-ring (bicyclic) bond motifs is 4. The van der Waals surface area contributed by atoms with E-state index in [0.717, 1.165) is 6.07 Å². The molecule has 4 aromatic heterocycles. The number of aromatic carboxylic acids is 1. The second kappa shape index (κ2) is 8.46. The number of hydrogen-bond acceptors (Lipinski definition) is 7. The predicted octanol–water partition coefficient (Wildman–Crippen LogP) is 3.70. The van der Waals surface area contributed by atoms with Crippen LogP contribution < -0.4 is 15.6 Å². The van der Waals surface area contributed by atoms with Gasteiger partial charge in [0.2, 0.25) is 5.43 Å². The summed E-state index contributed by atoms with van der Waals surface area (Å²) in [7, 11) is 5.09. The number of aromatic amines is 1. The summed E-state index contributed by atoms with van der Waals surface area (Å²) in [5.74, 6) is -3.44. The maximum absolute atomic E-state index is 15.2. The lowest BCUT2D eigenvalue weighted by molar-refractivity contribution is 0.0693. The van der Waals surface area contributed by atoms with Gasteiger partial charge in [-0.2, -0.15) is 0 Å². The van der Waals surface area contributed by atoms with Crippen LogP contribution in [0.15, 0.2) is 35.5 Å². The van der Waals surface area contributed by atoms with Gasteiger partial charge in [0.1, 0.15) is 16.9 Å². The first-order valence-electron chi connectivity index (χ1n) is 12.2. The highest BCUT2D eigenvalue weighted by atomic mass is 19.2. The van der Waals surface area contributed by atoms with Crippen LogP contribution in [0.3, 0.4) is 0 Å². The van der Waals surface area contributed by atoms with Crippen molar-refractivity contribution in [3.05, 3.63) is 58.1 Å². The molecule has 39 heavy (non-hydrogen) atoms. The van der Waals surface area contributed by atoms with Crippen molar-refractivity contribution in [2.24, 2.45) is 0 Å². The molecule has 4 N–H and O–H groups in total. The van der Waals surface area contributed by atoms with Gasteiger partial charge in [0.05, 0.1) is 45.2 Å². The summed E-state index contributed by atoms with van der Waals surface area (Å²) in [6.07, 6.45) is 5.38. The zero-order chi connectivity index (χ0) is 27.8. The standard InChI is InChI=1S/C27H24F2N6O4/c1-30-17-7-16(28)20(29)18-19-22(34(2)3)14(9-31-24(19)33-21(17)18)12-6-13-23(36)15(26(37)38)10-35(25(13)32-8-12)11-27(39)4-5-27/h6-10,30,39H,4-5,11H2,1-3H3,(H,31,33)(H,37,38). The molecule has 0 amide bonds. The Balaban J connectivity index is 1.66. The molecule has 0 radical (unpaired) electrons. The van der Waals surface area contributed by atoms with E-state index in [1.807, 2.05) is 0 Å². The minimum absolute atomic E-state index is 0.0225. The molecule has 0 saturated heterocycles. The predicted molar refractivity (Wildman–Crippen MR) is 144 cm³/mol. The number of benzene rings is 1. The lowest BCUT2D eigenvalue weighted by Gasteiger charge is -2.20. The smallest absolute Gasteiger partial charge is 0.341 e. The highest BCUT2D eigenvalue weighted by Gasteiger charge is 2.41. The fourth-order valence-corrected chi connectivity index (χ4v) is 5.13. The van der Waals surface area contributed by atoms with Crippen molar-refractivity contribution in [3.8, 4) is 11.1 Å². The van der Waals surface area contributed by atoms with Gasteiger partial charge in [-0.15, -0.1) is 0 Å². The minimum atomic E-state index is -1.39. The number of carboxylic acid groups (broad SMARTS) is 1. The second-order valence-electron chi connectivity index (χ2n) is 10.1. The van der Waals surface area contributed by atoms with E-state index in [1.54, 1.807) is 26.0 Å². The molecule has 10 nitrogen and oxygen atoms in total. The van der Waals surface area contributed by atoms with Crippen LogP contribution in [0.1, 0.15) is 23.2 Å². The molecule has 200 valence electrons. The first-order valence-corrected chi connectivity index (χ1v) is 12.2. The summed E-state index contributed by atoms with van der Waals surface area (Å²) >= 11 is 0. The average Bonchev–Trinajstić information content (AvgIpc) is 3.50. The molecule has 1 fully saturated rings. The van der Waals surface area contributed by atoms with Crippen molar-refractivity contribution in [2.75, 3.05) is 31.4 Å².